The van der Waals surface area contributed by atoms with Crippen molar-refractivity contribution >= 4 is 17.9 Å². The summed E-state index contributed by atoms with van der Waals surface area (Å²) in [6.07, 6.45) is 1.62. The second-order valence-corrected chi connectivity index (χ2v) is 5.89. The number of amides is 2. The largest absolute Gasteiger partial charge is 0.489 e. The molecule has 8 heteroatoms. The van der Waals surface area contributed by atoms with Crippen molar-refractivity contribution in [2.75, 3.05) is 19.5 Å². The molecule has 2 rings (SSSR count). The fourth-order valence-electron chi connectivity index (χ4n) is 2.43. The first-order chi connectivity index (χ1) is 13.0. The molecule has 0 spiro atoms. The summed E-state index contributed by atoms with van der Waals surface area (Å²) in [7, 11) is 2.90. The minimum Gasteiger partial charge on any atom is -0.489 e. The van der Waals surface area contributed by atoms with Gasteiger partial charge in [0.1, 0.15) is 19.5 Å². The predicted molar refractivity (Wildman–Crippen MR) is 103 cm³/mol. The number of ether oxygens (including phenoxy) is 1. The number of hydrogen-bond acceptors (Lipinski definition) is 6. The van der Waals surface area contributed by atoms with Crippen LogP contribution in [-0.2, 0) is 11.4 Å². The van der Waals surface area contributed by atoms with Gasteiger partial charge in [0.05, 0.1) is 6.21 Å². The van der Waals surface area contributed by atoms with Gasteiger partial charge in [-0.1, -0.05) is 22.5 Å². The molecule has 0 heterocycles. The molecule has 8 nitrogen and oxygen atoms in total. The molecule has 2 aromatic carbocycles. The molecule has 0 aliphatic heterocycles. The normalized spacial score (nSPS) is 10.5. The molecule has 0 bridgehead atoms. The Bertz CT molecular complexity index is 851. The lowest BCUT2D eigenvalue weighted by Gasteiger charge is -2.17. The van der Waals surface area contributed by atoms with Crippen LogP contribution in [0.3, 0.4) is 0 Å². The maximum absolute atomic E-state index is 12.0. The number of aryl methyl sites for hydroxylation is 2. The summed E-state index contributed by atoms with van der Waals surface area (Å²) in [5.74, 6) is 0.739. The molecule has 0 aromatic heterocycles. The molecule has 0 aliphatic carbocycles. The van der Waals surface area contributed by atoms with Crippen LogP contribution in [0.25, 0.3) is 0 Å². The summed E-state index contributed by atoms with van der Waals surface area (Å²) in [5, 5.41) is 10.5. The molecule has 27 heavy (non-hydrogen) atoms. The third-order valence-electron chi connectivity index (χ3n) is 3.97. The van der Waals surface area contributed by atoms with E-state index in [9.17, 15) is 4.79 Å². The fourth-order valence-corrected chi connectivity index (χ4v) is 2.43. The number of benzene rings is 2. The first-order valence-corrected chi connectivity index (χ1v) is 8.26. The Hall–Kier alpha value is -3.42. The summed E-state index contributed by atoms with van der Waals surface area (Å²) < 4.78 is 5.97. The standard InChI is InChI=1S/C19H23N5O3/c1-13-6-5-7-17(22-19(25)24(3)23-20)16(13)12-27-18-9-8-15(10-14(18)2)11-21-26-4/h5-11,20H,12H2,1-4H3,(H,22,25)/b21-11+,23-20?. The van der Waals surface area contributed by atoms with Gasteiger partial charge in [0.15, 0.2) is 0 Å². The molecule has 2 amide bonds. The SMILES string of the molecule is CO/N=C/c1ccc(OCc2c(C)cccc2NC(=O)N(C)N=N)c(C)c1. The number of urea groups is 1. The number of carbonyl (C=O) groups excluding carboxylic acids is 1. The third kappa shape index (κ3) is 5.27. The van der Waals surface area contributed by atoms with E-state index in [1.54, 1.807) is 12.3 Å². The highest BCUT2D eigenvalue weighted by Crippen LogP contribution is 2.25. The molecule has 0 atom stereocenters. The van der Waals surface area contributed by atoms with Crippen molar-refractivity contribution in [2.45, 2.75) is 20.5 Å². The van der Waals surface area contributed by atoms with E-state index >= 15 is 0 Å². The second-order valence-electron chi connectivity index (χ2n) is 5.89. The zero-order valence-electron chi connectivity index (χ0n) is 15.8. The first-order valence-electron chi connectivity index (χ1n) is 8.26. The summed E-state index contributed by atoms with van der Waals surface area (Å²) in [5.41, 5.74) is 11.3. The van der Waals surface area contributed by atoms with Crippen LogP contribution in [0.15, 0.2) is 46.8 Å². The number of hydrogen-bond donors (Lipinski definition) is 2. The molecule has 0 fully saturated rings. The molecule has 142 valence electrons. The van der Waals surface area contributed by atoms with E-state index in [2.05, 4.69) is 20.5 Å². The maximum Gasteiger partial charge on any atom is 0.343 e. The summed E-state index contributed by atoms with van der Waals surface area (Å²) in [4.78, 5) is 16.7. The lowest BCUT2D eigenvalue weighted by Crippen LogP contribution is -2.27. The number of oxime groups is 1. The quantitative estimate of drug-likeness (QED) is 0.433. The second kappa shape index (κ2) is 9.33. The molecule has 0 unspecified atom stereocenters. The van der Waals surface area contributed by atoms with Crippen LogP contribution >= 0.6 is 0 Å². The molecule has 2 N–H and O–H groups in total. The average molecular weight is 369 g/mol. The summed E-state index contributed by atoms with van der Waals surface area (Å²) in [6.45, 7) is 4.19. The molecule has 2 aromatic rings. The molecular formula is C19H23N5O3. The van der Waals surface area contributed by atoms with Crippen molar-refractivity contribution in [1.29, 1.82) is 5.53 Å². The van der Waals surface area contributed by atoms with Crippen molar-refractivity contribution in [1.82, 2.24) is 5.01 Å². The lowest BCUT2D eigenvalue weighted by molar-refractivity contribution is 0.215. The van der Waals surface area contributed by atoms with Gasteiger partial charge < -0.3 is 14.9 Å². The van der Waals surface area contributed by atoms with Crippen molar-refractivity contribution in [3.63, 3.8) is 0 Å². The summed E-state index contributed by atoms with van der Waals surface area (Å²) in [6, 6.07) is 10.8. The fraction of sp³-hybridized carbons (Fsp3) is 0.263. The Labute approximate surface area is 158 Å². The van der Waals surface area contributed by atoms with Crippen LogP contribution in [0.2, 0.25) is 0 Å². The number of rotatable bonds is 7. The zero-order chi connectivity index (χ0) is 19.8. The first kappa shape index (κ1) is 19.9. The van der Waals surface area contributed by atoms with Gasteiger partial charge in [0.25, 0.3) is 0 Å². The van der Waals surface area contributed by atoms with Crippen LogP contribution in [-0.4, -0.2) is 31.4 Å². The highest BCUT2D eigenvalue weighted by atomic mass is 16.6. The van der Waals surface area contributed by atoms with E-state index in [0.717, 1.165) is 33.0 Å². The van der Waals surface area contributed by atoms with Gasteiger partial charge in [-0.15, -0.1) is 0 Å². The van der Waals surface area contributed by atoms with Gasteiger partial charge in [-0.2, -0.15) is 10.5 Å². The van der Waals surface area contributed by atoms with E-state index in [-0.39, 0.29) is 6.61 Å². The third-order valence-corrected chi connectivity index (χ3v) is 3.97. The van der Waals surface area contributed by atoms with E-state index in [4.69, 9.17) is 10.3 Å². The minimum atomic E-state index is -0.491. The Morgan fingerprint density at radius 3 is 2.70 bits per heavy atom. The van der Waals surface area contributed by atoms with Gasteiger partial charge in [0, 0.05) is 18.3 Å². The van der Waals surface area contributed by atoms with Crippen LogP contribution < -0.4 is 10.1 Å². The minimum absolute atomic E-state index is 0.288. The molecule has 0 aliphatic rings. The maximum atomic E-state index is 12.0. The zero-order valence-corrected chi connectivity index (χ0v) is 15.8. The highest BCUT2D eigenvalue weighted by molar-refractivity contribution is 5.89. The number of nitrogens with zero attached hydrogens (tertiary/aromatic N) is 3. The van der Waals surface area contributed by atoms with E-state index in [0.29, 0.717) is 5.69 Å². The van der Waals surface area contributed by atoms with Crippen LogP contribution in [0.5, 0.6) is 5.75 Å². The number of nitrogens with one attached hydrogen (secondary N) is 2. The molecule has 0 saturated carbocycles. The van der Waals surface area contributed by atoms with Gasteiger partial charge in [-0.3, -0.25) is 0 Å². The van der Waals surface area contributed by atoms with Crippen LogP contribution in [0.1, 0.15) is 22.3 Å². The molecule has 0 radical (unpaired) electrons. The van der Waals surface area contributed by atoms with Crippen molar-refractivity contribution in [2.24, 2.45) is 10.4 Å². The smallest absolute Gasteiger partial charge is 0.343 e. The van der Waals surface area contributed by atoms with E-state index in [1.807, 2.05) is 44.2 Å². The Kier molecular flexibility index (Phi) is 6.87. The van der Waals surface area contributed by atoms with Crippen molar-refractivity contribution in [3.8, 4) is 5.75 Å². The highest BCUT2D eigenvalue weighted by Gasteiger charge is 2.13. The molecule has 0 saturated heterocycles. The van der Waals surface area contributed by atoms with Crippen molar-refractivity contribution in [3.05, 3.63) is 58.7 Å². The van der Waals surface area contributed by atoms with Gasteiger partial charge in [-0.05, 0) is 54.8 Å². The Morgan fingerprint density at radius 2 is 2.04 bits per heavy atom. The number of anilines is 1. The van der Waals surface area contributed by atoms with Crippen LogP contribution in [0, 0.1) is 19.4 Å². The van der Waals surface area contributed by atoms with E-state index in [1.165, 1.54) is 14.2 Å². The monoisotopic (exact) mass is 369 g/mol. The van der Waals surface area contributed by atoms with Crippen molar-refractivity contribution < 1.29 is 14.4 Å². The van der Waals surface area contributed by atoms with Gasteiger partial charge in [-0.25, -0.2) is 4.79 Å². The number of carbonyl (C=O) groups is 1. The van der Waals surface area contributed by atoms with Gasteiger partial charge >= 0.3 is 6.03 Å². The Balaban J connectivity index is 2.17. The lowest BCUT2D eigenvalue weighted by atomic mass is 10.1. The van der Waals surface area contributed by atoms with E-state index < -0.39 is 6.03 Å². The summed E-state index contributed by atoms with van der Waals surface area (Å²) >= 11 is 0. The van der Waals surface area contributed by atoms with Crippen LogP contribution in [0.4, 0.5) is 10.5 Å². The average Bonchev–Trinajstić information content (AvgIpc) is 2.66. The topological polar surface area (TPSA) is 99.4 Å². The molecular weight excluding hydrogens is 346 g/mol. The van der Waals surface area contributed by atoms with Gasteiger partial charge in [0.2, 0.25) is 0 Å². The Morgan fingerprint density at radius 1 is 1.26 bits per heavy atom. The predicted octanol–water partition coefficient (Wildman–Crippen LogP) is 4.27.